The van der Waals surface area contributed by atoms with Crippen LogP contribution in [0.1, 0.15) is 5.56 Å². The first-order valence-corrected chi connectivity index (χ1v) is 8.99. The van der Waals surface area contributed by atoms with Gasteiger partial charge in [-0.05, 0) is 17.7 Å². The fourth-order valence-corrected chi connectivity index (χ4v) is 3.41. The van der Waals surface area contributed by atoms with Crippen LogP contribution in [0, 0.1) is 4.78 Å². The molecule has 126 valence electrons. The van der Waals surface area contributed by atoms with Crippen LogP contribution in [-0.2, 0) is 25.7 Å². The summed E-state index contributed by atoms with van der Waals surface area (Å²) in [4.78, 5) is 23.7. The molecule has 6 nitrogen and oxygen atoms in total. The minimum atomic E-state index is -3.31. The third-order valence-corrected chi connectivity index (χ3v) is 5.08. The average molecular weight is 346 g/mol. The molecular weight excluding hydrogens is 328 g/mol. The van der Waals surface area contributed by atoms with Crippen molar-refractivity contribution in [2.24, 2.45) is 0 Å². The van der Waals surface area contributed by atoms with Gasteiger partial charge in [-0.25, -0.2) is 13.8 Å². The Morgan fingerprint density at radius 2 is 1.58 bits per heavy atom. The molecule has 0 aliphatic rings. The summed E-state index contributed by atoms with van der Waals surface area (Å²) in [7, 11) is -3.31. The molecule has 0 spiro atoms. The van der Waals surface area contributed by atoms with E-state index in [2.05, 4.69) is 5.32 Å². The quantitative estimate of drug-likeness (QED) is 0.711. The molecule has 0 saturated heterocycles. The summed E-state index contributed by atoms with van der Waals surface area (Å²) in [5.74, 6) is -2.47. The average Bonchev–Trinajstić information content (AvgIpc) is 2.55. The molecule has 1 amide bonds. The van der Waals surface area contributed by atoms with Crippen LogP contribution in [0.25, 0.3) is 0 Å². The Morgan fingerprint density at radius 1 is 1.04 bits per heavy atom. The van der Waals surface area contributed by atoms with Crippen molar-refractivity contribution in [1.82, 2.24) is 5.32 Å². The van der Waals surface area contributed by atoms with E-state index in [1.54, 1.807) is 42.5 Å². The maximum atomic E-state index is 12.4. The van der Waals surface area contributed by atoms with Crippen LogP contribution in [0.5, 0.6) is 0 Å². The molecule has 0 aromatic heterocycles. The van der Waals surface area contributed by atoms with Crippen LogP contribution in [0.2, 0.25) is 0 Å². The van der Waals surface area contributed by atoms with Crippen LogP contribution < -0.4 is 5.32 Å². The molecule has 2 rings (SSSR count). The number of aliphatic carboxylic acids is 1. The van der Waals surface area contributed by atoms with Gasteiger partial charge >= 0.3 is 5.97 Å². The molecule has 2 aromatic carbocycles. The SMILES string of the molecule is N=S(=O)(CC(=O)N[C@@H](Cc1ccccc1)C(=O)O)c1ccccc1. The van der Waals surface area contributed by atoms with Crippen LogP contribution >= 0.6 is 0 Å². The zero-order valence-electron chi connectivity index (χ0n) is 12.8. The topological polar surface area (TPSA) is 107 Å². The summed E-state index contributed by atoms with van der Waals surface area (Å²) in [6.07, 6.45) is 0.118. The number of amides is 1. The number of nitrogens with one attached hydrogen (secondary N) is 2. The third-order valence-electron chi connectivity index (χ3n) is 3.37. The summed E-state index contributed by atoms with van der Waals surface area (Å²) in [6, 6.07) is 15.8. The van der Waals surface area contributed by atoms with E-state index in [9.17, 15) is 18.9 Å². The highest BCUT2D eigenvalue weighted by Gasteiger charge is 2.23. The summed E-state index contributed by atoms with van der Waals surface area (Å²) in [5, 5.41) is 11.6. The zero-order chi connectivity index (χ0) is 17.6. The molecule has 0 aliphatic heterocycles. The van der Waals surface area contributed by atoms with E-state index in [0.29, 0.717) is 0 Å². The normalized spacial score (nSPS) is 14.3. The predicted molar refractivity (Wildman–Crippen MR) is 90.1 cm³/mol. The van der Waals surface area contributed by atoms with Crippen molar-refractivity contribution in [3.05, 3.63) is 66.2 Å². The first-order chi connectivity index (χ1) is 11.4. The maximum absolute atomic E-state index is 12.4. The zero-order valence-corrected chi connectivity index (χ0v) is 13.7. The number of hydrogen-bond donors (Lipinski definition) is 3. The highest BCUT2D eigenvalue weighted by molar-refractivity contribution is 7.93. The smallest absolute Gasteiger partial charge is 0.326 e. The largest absolute Gasteiger partial charge is 0.480 e. The van der Waals surface area contributed by atoms with E-state index >= 15 is 0 Å². The summed E-state index contributed by atoms with van der Waals surface area (Å²) in [6.45, 7) is 0. The monoisotopic (exact) mass is 346 g/mol. The standard InChI is InChI=1S/C17H18N2O4S/c18-24(23,14-9-5-2-6-10-14)12-16(20)19-15(17(21)22)11-13-7-3-1-4-8-13/h1-10,15,18H,11-12H2,(H,19,20)(H,21,22)/t15-,24?/m0/s1. The number of carboxylic acids is 1. The Balaban J connectivity index is 2.05. The first-order valence-electron chi connectivity index (χ1n) is 7.26. The number of rotatable bonds is 7. The maximum Gasteiger partial charge on any atom is 0.326 e. The van der Waals surface area contributed by atoms with Gasteiger partial charge in [-0.2, -0.15) is 0 Å². The summed E-state index contributed by atoms with van der Waals surface area (Å²) >= 11 is 0. The lowest BCUT2D eigenvalue weighted by atomic mass is 10.1. The van der Waals surface area contributed by atoms with Crippen molar-refractivity contribution in [3.8, 4) is 0 Å². The second-order valence-electron chi connectivity index (χ2n) is 5.28. The molecular formula is C17H18N2O4S. The molecule has 1 unspecified atom stereocenters. The van der Waals surface area contributed by atoms with Gasteiger partial charge < -0.3 is 10.4 Å². The minimum Gasteiger partial charge on any atom is -0.480 e. The van der Waals surface area contributed by atoms with Gasteiger partial charge in [0.15, 0.2) is 0 Å². The Morgan fingerprint density at radius 3 is 2.12 bits per heavy atom. The van der Waals surface area contributed by atoms with Gasteiger partial charge in [0.25, 0.3) is 0 Å². The predicted octanol–water partition coefficient (Wildman–Crippen LogP) is 1.90. The summed E-state index contributed by atoms with van der Waals surface area (Å²) in [5.41, 5.74) is 0.764. The number of hydrogen-bond acceptors (Lipinski definition) is 4. The van der Waals surface area contributed by atoms with E-state index in [1.807, 2.05) is 6.07 Å². The fraction of sp³-hybridized carbons (Fsp3) is 0.176. The van der Waals surface area contributed by atoms with Gasteiger partial charge in [0.2, 0.25) is 5.91 Å². The lowest BCUT2D eigenvalue weighted by Crippen LogP contribution is -2.44. The van der Waals surface area contributed by atoms with Crippen molar-refractivity contribution in [3.63, 3.8) is 0 Å². The number of carbonyl (C=O) groups excluding carboxylic acids is 1. The van der Waals surface area contributed by atoms with Gasteiger partial charge in [0.05, 0.1) is 9.73 Å². The lowest BCUT2D eigenvalue weighted by molar-refractivity contribution is -0.141. The molecule has 0 bridgehead atoms. The Labute approximate surface area is 140 Å². The first kappa shape index (κ1) is 17.7. The molecule has 3 N–H and O–H groups in total. The van der Waals surface area contributed by atoms with E-state index < -0.39 is 33.4 Å². The van der Waals surface area contributed by atoms with Crippen LogP contribution in [0.4, 0.5) is 0 Å². The van der Waals surface area contributed by atoms with Crippen LogP contribution in [0.15, 0.2) is 65.6 Å². The van der Waals surface area contributed by atoms with Gasteiger partial charge in [-0.3, -0.25) is 4.79 Å². The van der Waals surface area contributed by atoms with Crippen LogP contribution in [-0.4, -0.2) is 33.0 Å². The van der Waals surface area contributed by atoms with Gasteiger partial charge in [-0.1, -0.05) is 48.5 Å². The van der Waals surface area contributed by atoms with Gasteiger partial charge in [-0.15, -0.1) is 0 Å². The van der Waals surface area contributed by atoms with E-state index in [-0.39, 0.29) is 11.3 Å². The molecule has 2 aromatic rings. The van der Waals surface area contributed by atoms with Crippen molar-refractivity contribution in [1.29, 1.82) is 4.78 Å². The fourth-order valence-electron chi connectivity index (χ4n) is 2.19. The van der Waals surface area contributed by atoms with E-state index in [0.717, 1.165) is 5.56 Å². The number of benzene rings is 2. The molecule has 0 aliphatic carbocycles. The van der Waals surface area contributed by atoms with Crippen LogP contribution in [0.3, 0.4) is 0 Å². The Bertz CT molecular complexity index is 805. The van der Waals surface area contributed by atoms with Gasteiger partial charge in [0.1, 0.15) is 11.8 Å². The number of carboxylic acid groups (broad SMARTS) is 1. The van der Waals surface area contributed by atoms with Crippen molar-refractivity contribution < 1.29 is 18.9 Å². The van der Waals surface area contributed by atoms with E-state index in [1.165, 1.54) is 12.1 Å². The molecule has 24 heavy (non-hydrogen) atoms. The Kier molecular flexibility index (Phi) is 5.70. The summed E-state index contributed by atoms with van der Waals surface area (Å²) < 4.78 is 20.3. The van der Waals surface area contributed by atoms with Crippen molar-refractivity contribution in [2.45, 2.75) is 17.4 Å². The highest BCUT2D eigenvalue weighted by atomic mass is 32.2. The molecule has 0 saturated carbocycles. The number of carbonyl (C=O) groups is 2. The minimum absolute atomic E-state index is 0.118. The van der Waals surface area contributed by atoms with E-state index in [4.69, 9.17) is 4.78 Å². The third kappa shape index (κ3) is 4.92. The molecule has 0 fully saturated rings. The van der Waals surface area contributed by atoms with Gasteiger partial charge in [0, 0.05) is 11.3 Å². The molecule has 7 heteroatoms. The lowest BCUT2D eigenvalue weighted by Gasteiger charge is -2.15. The highest BCUT2D eigenvalue weighted by Crippen LogP contribution is 2.11. The molecule has 2 atom stereocenters. The second kappa shape index (κ2) is 7.74. The molecule has 0 heterocycles. The Hall–Kier alpha value is -2.67. The van der Waals surface area contributed by atoms with Crippen molar-refractivity contribution >= 4 is 21.6 Å². The van der Waals surface area contributed by atoms with Crippen molar-refractivity contribution in [2.75, 3.05) is 5.75 Å². The molecule has 0 radical (unpaired) electrons. The second-order valence-corrected chi connectivity index (χ2v) is 7.39.